The fourth-order valence-corrected chi connectivity index (χ4v) is 2.27. The molecule has 6 heteroatoms. The zero-order valence-corrected chi connectivity index (χ0v) is 11.8. The van der Waals surface area contributed by atoms with Crippen LogP contribution in [0.4, 0.5) is 11.4 Å². The molecule has 4 N–H and O–H groups in total. The Morgan fingerprint density at radius 2 is 2.25 bits per heavy atom. The summed E-state index contributed by atoms with van der Waals surface area (Å²) in [7, 11) is 3.75. The fraction of sp³-hybridized carbons (Fsp3) is 0.429. The first-order chi connectivity index (χ1) is 9.47. The van der Waals surface area contributed by atoms with Crippen LogP contribution >= 0.6 is 0 Å². The van der Waals surface area contributed by atoms with Crippen LogP contribution in [0.3, 0.4) is 0 Å². The van der Waals surface area contributed by atoms with Crippen molar-refractivity contribution in [2.45, 2.75) is 18.9 Å². The second-order valence-electron chi connectivity index (χ2n) is 5.18. The number of nitrogens with two attached hydrogens (primary N) is 1. The number of benzene rings is 1. The summed E-state index contributed by atoms with van der Waals surface area (Å²) in [6, 6.07) is 5.28. The van der Waals surface area contributed by atoms with Crippen molar-refractivity contribution in [1.29, 1.82) is 0 Å². The van der Waals surface area contributed by atoms with Gasteiger partial charge < -0.3 is 21.3 Å². The van der Waals surface area contributed by atoms with Crippen LogP contribution in [-0.4, -0.2) is 38.5 Å². The molecule has 0 radical (unpaired) electrons. The molecule has 1 aliphatic rings. The van der Waals surface area contributed by atoms with Gasteiger partial charge in [-0.3, -0.25) is 9.59 Å². The predicted molar refractivity (Wildman–Crippen MR) is 78.7 cm³/mol. The molecule has 0 aromatic heterocycles. The van der Waals surface area contributed by atoms with Gasteiger partial charge in [-0.15, -0.1) is 0 Å². The maximum absolute atomic E-state index is 12.3. The van der Waals surface area contributed by atoms with Gasteiger partial charge in [-0.2, -0.15) is 0 Å². The molecule has 2 rings (SSSR count). The van der Waals surface area contributed by atoms with Gasteiger partial charge in [0.05, 0.1) is 5.56 Å². The van der Waals surface area contributed by atoms with Crippen molar-refractivity contribution < 1.29 is 9.59 Å². The highest BCUT2D eigenvalue weighted by atomic mass is 16.2. The first kappa shape index (κ1) is 14.2. The molecule has 0 aliphatic carbocycles. The third-order valence-corrected chi connectivity index (χ3v) is 3.34. The first-order valence-electron chi connectivity index (χ1n) is 6.62. The van der Waals surface area contributed by atoms with E-state index in [2.05, 4.69) is 10.6 Å². The Labute approximate surface area is 118 Å². The van der Waals surface area contributed by atoms with Gasteiger partial charge in [-0.05, 0) is 24.6 Å². The summed E-state index contributed by atoms with van der Waals surface area (Å²) >= 11 is 0. The topological polar surface area (TPSA) is 87.5 Å². The molecule has 1 aliphatic heterocycles. The van der Waals surface area contributed by atoms with E-state index >= 15 is 0 Å². The summed E-state index contributed by atoms with van der Waals surface area (Å²) < 4.78 is 0. The average Bonchev–Trinajstić information content (AvgIpc) is 2.81. The third kappa shape index (κ3) is 3.20. The van der Waals surface area contributed by atoms with Crippen LogP contribution in [0.1, 0.15) is 23.2 Å². The minimum Gasteiger partial charge on any atom is -0.399 e. The Balaban J connectivity index is 2.05. The molecule has 20 heavy (non-hydrogen) atoms. The highest BCUT2D eigenvalue weighted by molar-refractivity contribution is 6.00. The number of carbonyl (C=O) groups excluding carboxylic acids is 2. The van der Waals surface area contributed by atoms with Crippen molar-refractivity contribution >= 4 is 23.2 Å². The molecule has 2 amide bonds. The molecular weight excluding hydrogens is 256 g/mol. The zero-order valence-electron chi connectivity index (χ0n) is 11.8. The van der Waals surface area contributed by atoms with E-state index in [1.807, 2.05) is 25.1 Å². The lowest BCUT2D eigenvalue weighted by atomic mass is 10.1. The number of nitrogens with one attached hydrogen (secondary N) is 2. The molecule has 1 atom stereocenters. The van der Waals surface area contributed by atoms with Gasteiger partial charge in [-0.25, -0.2) is 0 Å². The van der Waals surface area contributed by atoms with E-state index < -0.39 is 0 Å². The largest absolute Gasteiger partial charge is 0.399 e. The lowest BCUT2D eigenvalue weighted by Crippen LogP contribution is -2.38. The van der Waals surface area contributed by atoms with Crippen molar-refractivity contribution in [3.63, 3.8) is 0 Å². The normalized spacial score (nSPS) is 17.7. The standard InChI is InChI=1S/C14H20N4O2/c1-18(2)12-5-3-9(15)7-11(12)14(20)16-8-10-4-6-13(19)17-10/h3,5,7,10H,4,6,8,15H2,1-2H3,(H,16,20)(H,17,19). The second-order valence-corrected chi connectivity index (χ2v) is 5.18. The van der Waals surface area contributed by atoms with Gasteiger partial charge >= 0.3 is 0 Å². The molecule has 0 spiro atoms. The average molecular weight is 276 g/mol. The van der Waals surface area contributed by atoms with Gasteiger partial charge in [0.1, 0.15) is 0 Å². The van der Waals surface area contributed by atoms with E-state index in [0.717, 1.165) is 12.1 Å². The number of rotatable bonds is 4. The van der Waals surface area contributed by atoms with E-state index in [9.17, 15) is 9.59 Å². The van der Waals surface area contributed by atoms with E-state index in [4.69, 9.17) is 5.73 Å². The summed E-state index contributed by atoms with van der Waals surface area (Å²) in [5, 5.41) is 5.67. The van der Waals surface area contributed by atoms with Crippen molar-refractivity contribution in [3.05, 3.63) is 23.8 Å². The summed E-state index contributed by atoms with van der Waals surface area (Å²) in [6.07, 6.45) is 1.29. The van der Waals surface area contributed by atoms with Gasteiger partial charge in [0.15, 0.2) is 0 Å². The molecule has 6 nitrogen and oxygen atoms in total. The van der Waals surface area contributed by atoms with Gasteiger partial charge in [-0.1, -0.05) is 0 Å². The van der Waals surface area contributed by atoms with E-state index in [1.165, 1.54) is 0 Å². The fourth-order valence-electron chi connectivity index (χ4n) is 2.27. The highest BCUT2D eigenvalue weighted by Crippen LogP contribution is 2.21. The molecule has 0 saturated carbocycles. The van der Waals surface area contributed by atoms with Crippen molar-refractivity contribution in [2.24, 2.45) is 0 Å². The maximum atomic E-state index is 12.3. The lowest BCUT2D eigenvalue weighted by molar-refractivity contribution is -0.119. The molecule has 108 valence electrons. The van der Waals surface area contributed by atoms with Crippen LogP contribution < -0.4 is 21.3 Å². The van der Waals surface area contributed by atoms with E-state index in [-0.39, 0.29) is 17.9 Å². The van der Waals surface area contributed by atoms with E-state index in [1.54, 1.807) is 12.1 Å². The second kappa shape index (κ2) is 5.81. The van der Waals surface area contributed by atoms with Crippen LogP contribution in [-0.2, 0) is 4.79 Å². The Morgan fingerprint density at radius 1 is 1.50 bits per heavy atom. The van der Waals surface area contributed by atoms with Gasteiger partial charge in [0.2, 0.25) is 5.91 Å². The van der Waals surface area contributed by atoms with Crippen LogP contribution in [0.15, 0.2) is 18.2 Å². The maximum Gasteiger partial charge on any atom is 0.253 e. The number of hydrogen-bond donors (Lipinski definition) is 3. The first-order valence-corrected chi connectivity index (χ1v) is 6.62. The molecule has 1 saturated heterocycles. The Kier molecular flexibility index (Phi) is 4.12. The number of anilines is 2. The summed E-state index contributed by atoms with van der Waals surface area (Å²) in [6.45, 7) is 0.437. The minimum absolute atomic E-state index is 0.0234. The summed E-state index contributed by atoms with van der Waals surface area (Å²) in [5.41, 5.74) is 7.65. The smallest absolute Gasteiger partial charge is 0.253 e. The van der Waals surface area contributed by atoms with Crippen molar-refractivity contribution in [1.82, 2.24) is 10.6 Å². The Bertz CT molecular complexity index is 528. The number of nitrogens with zero attached hydrogens (tertiary/aromatic N) is 1. The molecule has 1 heterocycles. The van der Waals surface area contributed by atoms with Crippen molar-refractivity contribution in [3.8, 4) is 0 Å². The zero-order chi connectivity index (χ0) is 14.7. The summed E-state index contributed by atoms with van der Waals surface area (Å²) in [5.74, 6) is -0.135. The molecule has 1 unspecified atom stereocenters. The van der Waals surface area contributed by atoms with Crippen molar-refractivity contribution in [2.75, 3.05) is 31.3 Å². The highest BCUT2D eigenvalue weighted by Gasteiger charge is 2.22. The monoisotopic (exact) mass is 276 g/mol. The molecule has 1 fully saturated rings. The Morgan fingerprint density at radius 3 is 2.85 bits per heavy atom. The molecule has 1 aromatic rings. The molecular formula is C14H20N4O2. The number of hydrogen-bond acceptors (Lipinski definition) is 4. The van der Waals surface area contributed by atoms with Crippen LogP contribution in [0.25, 0.3) is 0 Å². The number of amides is 2. The quantitative estimate of drug-likeness (QED) is 0.692. The predicted octanol–water partition coefficient (Wildman–Crippen LogP) is 0.343. The van der Waals surface area contributed by atoms with Gasteiger partial charge in [0, 0.05) is 44.5 Å². The minimum atomic E-state index is -0.179. The Hall–Kier alpha value is -2.24. The number of carbonyl (C=O) groups is 2. The third-order valence-electron chi connectivity index (χ3n) is 3.34. The van der Waals surface area contributed by atoms with Gasteiger partial charge in [0.25, 0.3) is 5.91 Å². The molecule has 0 bridgehead atoms. The summed E-state index contributed by atoms with van der Waals surface area (Å²) in [4.78, 5) is 25.2. The number of nitrogen functional groups attached to an aromatic ring is 1. The SMILES string of the molecule is CN(C)c1ccc(N)cc1C(=O)NCC1CCC(=O)N1. The van der Waals surface area contributed by atoms with Crippen LogP contribution in [0, 0.1) is 0 Å². The lowest BCUT2D eigenvalue weighted by Gasteiger charge is -2.18. The van der Waals surface area contributed by atoms with E-state index in [0.29, 0.717) is 24.2 Å². The van der Waals surface area contributed by atoms with Crippen LogP contribution in [0.2, 0.25) is 0 Å². The molecule has 1 aromatic carbocycles. The van der Waals surface area contributed by atoms with Crippen LogP contribution in [0.5, 0.6) is 0 Å².